The average molecular weight is 452 g/mol. The molecule has 0 bridgehead atoms. The van der Waals surface area contributed by atoms with Crippen molar-refractivity contribution in [2.45, 2.75) is 32.6 Å². The maximum absolute atomic E-state index is 13.3. The maximum Gasteiger partial charge on any atom is 0.233 e. The van der Waals surface area contributed by atoms with E-state index >= 15 is 0 Å². The fraction of sp³-hybridized carbons (Fsp3) is 0.360. The van der Waals surface area contributed by atoms with E-state index in [0.717, 1.165) is 5.57 Å². The van der Waals surface area contributed by atoms with Crippen molar-refractivity contribution in [3.63, 3.8) is 0 Å². The zero-order chi connectivity index (χ0) is 22.9. The van der Waals surface area contributed by atoms with Gasteiger partial charge in [-0.3, -0.25) is 24.1 Å². The number of carbonyl (C=O) groups excluding carboxylic acids is 4. The number of imide groups is 1. The van der Waals surface area contributed by atoms with Crippen LogP contribution in [0.25, 0.3) is 0 Å². The van der Waals surface area contributed by atoms with Crippen LogP contribution in [-0.2, 0) is 19.2 Å². The van der Waals surface area contributed by atoms with E-state index in [0.29, 0.717) is 35.2 Å². The van der Waals surface area contributed by atoms with E-state index in [1.807, 2.05) is 6.08 Å². The van der Waals surface area contributed by atoms with Gasteiger partial charge in [-0.25, -0.2) is 0 Å². The number of benzene rings is 1. The largest absolute Gasteiger partial charge is 0.508 e. The molecule has 0 spiro atoms. The molecule has 2 amide bonds. The first-order valence-electron chi connectivity index (χ1n) is 10.8. The zero-order valence-corrected chi connectivity index (χ0v) is 18.5. The number of hydrogen-bond acceptors (Lipinski definition) is 5. The highest BCUT2D eigenvalue weighted by molar-refractivity contribution is 6.32. The highest BCUT2D eigenvalue weighted by atomic mass is 35.5. The lowest BCUT2D eigenvalue weighted by molar-refractivity contribution is -0.139. The van der Waals surface area contributed by atoms with E-state index in [1.54, 1.807) is 19.9 Å². The second-order valence-electron chi connectivity index (χ2n) is 8.86. The summed E-state index contributed by atoms with van der Waals surface area (Å²) in [5.41, 5.74) is 2.62. The minimum absolute atomic E-state index is 0.00437. The Balaban J connectivity index is 1.72. The number of aromatic hydroxyl groups is 1. The Morgan fingerprint density at radius 2 is 1.88 bits per heavy atom. The van der Waals surface area contributed by atoms with Crippen LogP contribution in [0, 0.1) is 17.8 Å². The predicted octanol–water partition coefficient (Wildman–Crippen LogP) is 3.50. The summed E-state index contributed by atoms with van der Waals surface area (Å²) in [5.74, 6) is -2.78. The highest BCUT2D eigenvalue weighted by Crippen LogP contribution is 2.55. The van der Waals surface area contributed by atoms with Crippen molar-refractivity contribution < 1.29 is 24.3 Å². The summed E-state index contributed by atoms with van der Waals surface area (Å²) in [7, 11) is 0. The van der Waals surface area contributed by atoms with E-state index in [9.17, 15) is 24.3 Å². The van der Waals surface area contributed by atoms with Gasteiger partial charge in [0.25, 0.3) is 0 Å². The first-order chi connectivity index (χ1) is 15.2. The number of allylic oxidation sites excluding steroid dienone is 6. The second-order valence-corrected chi connectivity index (χ2v) is 9.26. The number of Topliss-reactive ketones (excluding diaryl/α,β-unsaturated/α-hetero) is 1. The Bertz CT molecular complexity index is 1210. The zero-order valence-electron chi connectivity index (χ0n) is 17.7. The predicted molar refractivity (Wildman–Crippen MR) is 117 cm³/mol. The molecule has 1 N–H and O–H groups in total. The van der Waals surface area contributed by atoms with E-state index in [2.05, 4.69) is 0 Å². The second kappa shape index (κ2) is 7.27. The SMILES string of the molecule is CCN1C(=O)[C@H]2[C@H](CC=C3[C@H](c4ccc(O)cc4Cl)C4=C(C[C@H]32)C(=O)C=C(C)C4=O)C1=O. The van der Waals surface area contributed by atoms with Crippen LogP contribution in [0.15, 0.2) is 52.6 Å². The fourth-order valence-corrected chi connectivity index (χ4v) is 6.13. The minimum atomic E-state index is -0.600. The molecule has 0 saturated carbocycles. The number of nitrogens with zero attached hydrogens (tertiary/aromatic N) is 1. The van der Waals surface area contributed by atoms with Gasteiger partial charge in [-0.15, -0.1) is 0 Å². The molecule has 0 radical (unpaired) electrons. The fourth-order valence-electron chi connectivity index (χ4n) is 5.84. The van der Waals surface area contributed by atoms with Gasteiger partial charge in [0.15, 0.2) is 11.6 Å². The molecular weight excluding hydrogens is 430 g/mol. The van der Waals surface area contributed by atoms with Gasteiger partial charge in [0.05, 0.1) is 11.8 Å². The number of likely N-dealkylation sites (tertiary alicyclic amines) is 1. The molecule has 3 aliphatic carbocycles. The molecule has 1 heterocycles. The number of phenolic OH excluding ortho intramolecular Hbond substituents is 1. The van der Waals surface area contributed by atoms with Crippen molar-refractivity contribution in [3.8, 4) is 5.75 Å². The van der Waals surface area contributed by atoms with Crippen LogP contribution in [0.2, 0.25) is 5.02 Å². The van der Waals surface area contributed by atoms with Crippen molar-refractivity contribution in [3.05, 3.63) is 63.2 Å². The number of amides is 2. The van der Waals surface area contributed by atoms with Gasteiger partial charge in [0.2, 0.25) is 11.8 Å². The number of carbonyl (C=O) groups is 4. The summed E-state index contributed by atoms with van der Waals surface area (Å²) in [4.78, 5) is 53.6. The molecule has 164 valence electrons. The summed E-state index contributed by atoms with van der Waals surface area (Å²) in [6, 6.07) is 4.57. The number of hydrogen-bond donors (Lipinski definition) is 1. The molecule has 32 heavy (non-hydrogen) atoms. The third kappa shape index (κ3) is 2.78. The highest BCUT2D eigenvalue weighted by Gasteiger charge is 2.56. The van der Waals surface area contributed by atoms with Gasteiger partial charge in [-0.1, -0.05) is 29.3 Å². The Kier molecular flexibility index (Phi) is 4.75. The van der Waals surface area contributed by atoms with Crippen LogP contribution in [0.4, 0.5) is 0 Å². The quantitative estimate of drug-likeness (QED) is 0.422. The topological polar surface area (TPSA) is 91.8 Å². The van der Waals surface area contributed by atoms with Crippen molar-refractivity contribution in [1.29, 1.82) is 0 Å². The summed E-state index contributed by atoms with van der Waals surface area (Å²) >= 11 is 6.50. The molecule has 5 rings (SSSR count). The molecule has 1 saturated heterocycles. The van der Waals surface area contributed by atoms with Gasteiger partial charge in [-0.05, 0) is 56.4 Å². The molecule has 0 unspecified atom stereocenters. The van der Waals surface area contributed by atoms with Crippen LogP contribution >= 0.6 is 11.6 Å². The molecule has 0 aromatic heterocycles. The lowest BCUT2D eigenvalue weighted by atomic mass is 9.59. The summed E-state index contributed by atoms with van der Waals surface area (Å²) in [6.07, 6.45) is 3.97. The molecule has 1 aromatic carbocycles. The smallest absolute Gasteiger partial charge is 0.233 e. The van der Waals surface area contributed by atoms with Crippen LogP contribution in [0.3, 0.4) is 0 Å². The summed E-state index contributed by atoms with van der Waals surface area (Å²) in [6.45, 7) is 3.71. The molecule has 1 fully saturated rings. The van der Waals surface area contributed by atoms with Crippen LogP contribution in [0.1, 0.15) is 38.2 Å². The molecule has 1 aliphatic heterocycles. The van der Waals surface area contributed by atoms with E-state index < -0.39 is 17.8 Å². The Morgan fingerprint density at radius 3 is 2.56 bits per heavy atom. The van der Waals surface area contributed by atoms with Crippen molar-refractivity contribution in [2.24, 2.45) is 17.8 Å². The van der Waals surface area contributed by atoms with Crippen LogP contribution < -0.4 is 0 Å². The van der Waals surface area contributed by atoms with Gasteiger partial charge >= 0.3 is 0 Å². The lowest BCUT2D eigenvalue weighted by Gasteiger charge is -2.42. The molecular formula is C25H22ClNO5. The van der Waals surface area contributed by atoms with Crippen molar-refractivity contribution in [2.75, 3.05) is 6.54 Å². The van der Waals surface area contributed by atoms with Crippen LogP contribution in [-0.4, -0.2) is 39.9 Å². The van der Waals surface area contributed by atoms with Gasteiger partial charge < -0.3 is 5.11 Å². The van der Waals surface area contributed by atoms with Crippen molar-refractivity contribution >= 4 is 35.0 Å². The lowest BCUT2D eigenvalue weighted by Crippen LogP contribution is -2.39. The summed E-state index contributed by atoms with van der Waals surface area (Å²) in [5, 5.41) is 10.1. The Hall–Kier alpha value is -2.99. The van der Waals surface area contributed by atoms with Gasteiger partial charge in [-0.2, -0.15) is 0 Å². The number of ketones is 2. The number of halogens is 1. The number of fused-ring (bicyclic) bond motifs is 3. The molecule has 7 heteroatoms. The Labute approximate surface area is 190 Å². The van der Waals surface area contributed by atoms with Gasteiger partial charge in [0.1, 0.15) is 5.75 Å². The molecule has 4 aliphatic rings. The maximum atomic E-state index is 13.3. The first-order valence-corrected chi connectivity index (χ1v) is 11.2. The molecule has 1 aromatic rings. The molecule has 6 nitrogen and oxygen atoms in total. The van der Waals surface area contributed by atoms with Gasteiger partial charge in [0, 0.05) is 34.2 Å². The summed E-state index contributed by atoms with van der Waals surface area (Å²) < 4.78 is 0. The third-order valence-corrected chi connectivity index (χ3v) is 7.59. The van der Waals surface area contributed by atoms with E-state index in [1.165, 1.54) is 23.1 Å². The monoisotopic (exact) mass is 451 g/mol. The van der Waals surface area contributed by atoms with E-state index in [-0.39, 0.29) is 46.5 Å². The van der Waals surface area contributed by atoms with Crippen molar-refractivity contribution in [1.82, 2.24) is 4.90 Å². The normalized spacial score (nSPS) is 29.5. The van der Waals surface area contributed by atoms with Crippen LogP contribution in [0.5, 0.6) is 5.75 Å². The minimum Gasteiger partial charge on any atom is -0.508 e. The Morgan fingerprint density at radius 1 is 1.12 bits per heavy atom. The third-order valence-electron chi connectivity index (χ3n) is 7.27. The number of rotatable bonds is 2. The standard InChI is InChI=1S/C25H22ClNO5/c1-3-27-24(31)15-7-6-13-16(21(15)25(27)32)10-17-19(29)8-11(2)23(30)22(17)20(13)14-5-4-12(28)9-18(14)26/h4-6,8-9,15-16,20-21,28H,3,7,10H2,1-2H3/t15-,16+,20+,21-/m0/s1. The number of phenols is 1. The average Bonchev–Trinajstić information content (AvgIpc) is 3.00. The molecule has 4 atom stereocenters. The van der Waals surface area contributed by atoms with E-state index in [4.69, 9.17) is 11.6 Å². The first kappa shape index (κ1) is 20.9.